The highest BCUT2D eigenvalue weighted by atomic mass is 16.6. The molecule has 4 rings (SSSR count). The third-order valence-corrected chi connectivity index (χ3v) is 5.37. The molecular weight excluding hydrogens is 432 g/mol. The van der Waals surface area contributed by atoms with Gasteiger partial charge >= 0.3 is 11.9 Å². The summed E-state index contributed by atoms with van der Waals surface area (Å²) >= 11 is 0. The topological polar surface area (TPSA) is 145 Å². The van der Waals surface area contributed by atoms with Crippen LogP contribution in [0.5, 0.6) is 0 Å². The maximum Gasteiger partial charge on any atom is 0.338 e. The lowest BCUT2D eigenvalue weighted by Crippen LogP contribution is -2.19. The minimum Gasteiger partial charge on any atom is -0.465 e. The van der Waals surface area contributed by atoms with Crippen LogP contribution < -0.4 is 10.5 Å². The Morgan fingerprint density at radius 1 is 1.12 bits per heavy atom. The Kier molecular flexibility index (Phi) is 6.03. The number of methoxy groups -OCH3 is 1. The van der Waals surface area contributed by atoms with Gasteiger partial charge in [0.25, 0.3) is 11.2 Å². The van der Waals surface area contributed by atoms with Crippen molar-refractivity contribution in [3.8, 4) is 0 Å². The van der Waals surface area contributed by atoms with E-state index in [-0.39, 0.29) is 40.1 Å². The summed E-state index contributed by atoms with van der Waals surface area (Å²) in [5.74, 6) is -1.31. The molecule has 11 nitrogen and oxygen atoms in total. The monoisotopic (exact) mass is 452 g/mol. The van der Waals surface area contributed by atoms with Crippen molar-refractivity contribution in [2.45, 2.75) is 19.4 Å². The summed E-state index contributed by atoms with van der Waals surface area (Å²) < 4.78 is 9.89. The minimum absolute atomic E-state index is 0.0146. The second-order valence-corrected chi connectivity index (χ2v) is 7.47. The Labute approximate surface area is 187 Å². The number of nitrogens with one attached hydrogen (secondary N) is 1. The number of nitro groups is 1. The normalized spacial score (nSPS) is 13.2. The summed E-state index contributed by atoms with van der Waals surface area (Å²) in [6, 6.07) is 8.51. The Morgan fingerprint density at radius 2 is 1.82 bits per heavy atom. The summed E-state index contributed by atoms with van der Waals surface area (Å²) in [7, 11) is 1.24. The SMILES string of the molecule is COC(=O)c1ccc2c(=O)[nH]c(COC(=O)c3ccc(N4CCCC4)c([N+](=O)[O-])c3)nc2c1. The van der Waals surface area contributed by atoms with E-state index in [1.807, 2.05) is 4.90 Å². The lowest BCUT2D eigenvalue weighted by Gasteiger charge is -2.17. The molecule has 1 saturated heterocycles. The van der Waals surface area contributed by atoms with Crippen molar-refractivity contribution in [3.63, 3.8) is 0 Å². The van der Waals surface area contributed by atoms with E-state index in [4.69, 9.17) is 4.74 Å². The summed E-state index contributed by atoms with van der Waals surface area (Å²) in [6.45, 7) is 1.08. The van der Waals surface area contributed by atoms with E-state index < -0.39 is 22.4 Å². The number of hydrogen-bond donors (Lipinski definition) is 1. The molecule has 2 heterocycles. The number of hydrogen-bond acceptors (Lipinski definition) is 9. The maximum atomic E-state index is 12.5. The van der Waals surface area contributed by atoms with E-state index in [0.717, 1.165) is 25.9 Å². The van der Waals surface area contributed by atoms with Gasteiger partial charge in [0.15, 0.2) is 0 Å². The Hall–Kier alpha value is -4.28. The molecule has 170 valence electrons. The van der Waals surface area contributed by atoms with Crippen LogP contribution in [0.25, 0.3) is 10.9 Å². The zero-order valence-electron chi connectivity index (χ0n) is 17.7. The van der Waals surface area contributed by atoms with Gasteiger partial charge in [-0.05, 0) is 43.2 Å². The molecule has 2 aromatic carbocycles. The number of nitrogens with zero attached hydrogens (tertiary/aromatic N) is 3. The van der Waals surface area contributed by atoms with Crippen molar-refractivity contribution in [2.24, 2.45) is 0 Å². The second kappa shape index (κ2) is 9.07. The van der Waals surface area contributed by atoms with Crippen LogP contribution in [0.2, 0.25) is 0 Å². The predicted molar refractivity (Wildman–Crippen MR) is 117 cm³/mol. The molecule has 1 N–H and O–H groups in total. The molecule has 3 aromatic rings. The summed E-state index contributed by atoms with van der Waals surface area (Å²) in [5, 5.41) is 11.8. The van der Waals surface area contributed by atoms with E-state index in [0.29, 0.717) is 5.69 Å². The van der Waals surface area contributed by atoms with Crippen LogP contribution in [0.3, 0.4) is 0 Å². The van der Waals surface area contributed by atoms with Gasteiger partial charge < -0.3 is 19.4 Å². The van der Waals surface area contributed by atoms with E-state index in [2.05, 4.69) is 14.7 Å². The largest absolute Gasteiger partial charge is 0.465 e. The van der Waals surface area contributed by atoms with Gasteiger partial charge in [-0.15, -0.1) is 0 Å². The number of benzene rings is 2. The molecule has 0 saturated carbocycles. The number of carbonyl (C=O) groups is 2. The fraction of sp³-hybridized carbons (Fsp3) is 0.273. The zero-order chi connectivity index (χ0) is 23.5. The van der Waals surface area contributed by atoms with Crippen LogP contribution in [-0.2, 0) is 16.1 Å². The first-order valence-electron chi connectivity index (χ1n) is 10.2. The Morgan fingerprint density at radius 3 is 2.52 bits per heavy atom. The van der Waals surface area contributed by atoms with Crippen LogP contribution in [-0.4, -0.2) is 47.0 Å². The van der Waals surface area contributed by atoms with Gasteiger partial charge in [0, 0.05) is 19.2 Å². The molecule has 1 aliphatic heterocycles. The molecule has 1 aliphatic rings. The fourth-order valence-corrected chi connectivity index (χ4v) is 3.74. The molecule has 0 spiro atoms. The molecule has 0 atom stereocenters. The van der Waals surface area contributed by atoms with Crippen molar-refractivity contribution in [1.29, 1.82) is 0 Å². The van der Waals surface area contributed by atoms with Crippen molar-refractivity contribution < 1.29 is 24.0 Å². The summed E-state index contributed by atoms with van der Waals surface area (Å²) in [5.41, 5.74) is 0.304. The second-order valence-electron chi connectivity index (χ2n) is 7.47. The number of anilines is 1. The smallest absolute Gasteiger partial charge is 0.338 e. The number of rotatable bonds is 6. The summed E-state index contributed by atoms with van der Waals surface area (Å²) in [6.07, 6.45) is 1.91. The van der Waals surface area contributed by atoms with Crippen LogP contribution in [0.4, 0.5) is 11.4 Å². The maximum absolute atomic E-state index is 12.5. The van der Waals surface area contributed by atoms with E-state index >= 15 is 0 Å². The average molecular weight is 452 g/mol. The molecule has 0 aliphatic carbocycles. The Bertz CT molecular complexity index is 1310. The number of nitro benzene ring substituents is 1. The molecule has 0 bridgehead atoms. The van der Waals surface area contributed by atoms with E-state index in [1.54, 1.807) is 6.07 Å². The van der Waals surface area contributed by atoms with Gasteiger partial charge in [0.2, 0.25) is 0 Å². The van der Waals surface area contributed by atoms with Crippen molar-refractivity contribution >= 4 is 34.2 Å². The Balaban J connectivity index is 1.54. The first-order chi connectivity index (χ1) is 15.9. The molecule has 33 heavy (non-hydrogen) atoms. The lowest BCUT2D eigenvalue weighted by molar-refractivity contribution is -0.384. The fourth-order valence-electron chi connectivity index (χ4n) is 3.74. The number of esters is 2. The van der Waals surface area contributed by atoms with Gasteiger partial charge in [0.1, 0.15) is 18.1 Å². The highest BCUT2D eigenvalue weighted by Crippen LogP contribution is 2.31. The first-order valence-corrected chi connectivity index (χ1v) is 10.2. The van der Waals surface area contributed by atoms with Gasteiger partial charge in [-0.2, -0.15) is 0 Å². The highest BCUT2D eigenvalue weighted by Gasteiger charge is 2.24. The molecule has 1 fully saturated rings. The predicted octanol–water partition coefficient (Wildman–Crippen LogP) is 2.58. The average Bonchev–Trinajstić information content (AvgIpc) is 3.36. The van der Waals surface area contributed by atoms with Crippen molar-refractivity contribution in [1.82, 2.24) is 9.97 Å². The molecule has 0 amide bonds. The van der Waals surface area contributed by atoms with Crippen LogP contribution in [0.1, 0.15) is 39.4 Å². The van der Waals surface area contributed by atoms with Gasteiger partial charge in [-0.3, -0.25) is 14.9 Å². The number of aromatic amines is 1. The number of ether oxygens (including phenoxy) is 2. The van der Waals surface area contributed by atoms with Gasteiger partial charge in [-0.25, -0.2) is 14.6 Å². The van der Waals surface area contributed by atoms with Crippen molar-refractivity contribution in [3.05, 3.63) is 73.8 Å². The first kappa shape index (κ1) is 21.9. The number of aromatic nitrogens is 2. The van der Waals surface area contributed by atoms with Gasteiger partial charge in [-0.1, -0.05) is 0 Å². The zero-order valence-corrected chi connectivity index (χ0v) is 17.7. The van der Waals surface area contributed by atoms with Crippen LogP contribution in [0.15, 0.2) is 41.2 Å². The third kappa shape index (κ3) is 4.52. The van der Waals surface area contributed by atoms with E-state index in [9.17, 15) is 24.5 Å². The van der Waals surface area contributed by atoms with Crippen LogP contribution in [0, 0.1) is 10.1 Å². The van der Waals surface area contributed by atoms with Crippen molar-refractivity contribution in [2.75, 3.05) is 25.1 Å². The lowest BCUT2D eigenvalue weighted by atomic mass is 10.1. The quantitative estimate of drug-likeness (QED) is 0.339. The number of fused-ring (bicyclic) bond motifs is 1. The molecular formula is C22H20N4O7. The summed E-state index contributed by atoms with van der Waals surface area (Å²) in [4.78, 5) is 56.2. The molecule has 0 radical (unpaired) electrons. The van der Waals surface area contributed by atoms with Gasteiger partial charge in [0.05, 0.1) is 34.1 Å². The van der Waals surface area contributed by atoms with Crippen LogP contribution >= 0.6 is 0 Å². The molecule has 11 heteroatoms. The third-order valence-electron chi connectivity index (χ3n) is 5.37. The number of carbonyl (C=O) groups excluding carboxylic acids is 2. The number of H-pyrrole nitrogens is 1. The molecule has 0 unspecified atom stereocenters. The standard InChI is InChI=1S/C22H20N4O7/c1-32-21(28)13-4-6-15-16(10-13)23-19(24-20(15)27)12-33-22(29)14-5-7-17(18(11-14)26(30)31)25-8-2-3-9-25/h4-7,10-11H,2-3,8-9,12H2,1H3,(H,23,24,27). The highest BCUT2D eigenvalue weighted by molar-refractivity contribution is 5.94. The molecule has 1 aromatic heterocycles. The van der Waals surface area contributed by atoms with E-state index in [1.165, 1.54) is 37.4 Å². The minimum atomic E-state index is -0.794.